The van der Waals surface area contributed by atoms with Gasteiger partial charge in [0.1, 0.15) is 5.82 Å². The molecule has 1 aliphatic heterocycles. The van der Waals surface area contributed by atoms with Crippen LogP contribution in [0.15, 0.2) is 28.7 Å². The van der Waals surface area contributed by atoms with Crippen LogP contribution in [-0.4, -0.2) is 18.1 Å². The van der Waals surface area contributed by atoms with Gasteiger partial charge < -0.3 is 4.90 Å². The predicted octanol–water partition coefficient (Wildman–Crippen LogP) is 4.30. The molecule has 0 N–H and O–H groups in total. The number of benzene rings is 1. The summed E-state index contributed by atoms with van der Waals surface area (Å²) in [4.78, 5) is 7.22. The lowest BCUT2D eigenvalue weighted by Crippen LogP contribution is -2.30. The van der Waals surface area contributed by atoms with Crippen LogP contribution >= 0.6 is 15.9 Å². The van der Waals surface area contributed by atoms with Crippen LogP contribution in [0, 0.1) is 6.92 Å². The van der Waals surface area contributed by atoms with E-state index in [1.807, 2.05) is 0 Å². The number of piperidine rings is 1. The molecule has 0 atom stereocenters. The third-order valence-corrected chi connectivity index (χ3v) is 4.14. The monoisotopic (exact) mass is 304 g/mol. The van der Waals surface area contributed by atoms with Gasteiger partial charge in [0.15, 0.2) is 0 Å². The number of nitrogens with zero attached hydrogens (tertiary/aromatic N) is 2. The number of halogens is 1. The molecule has 1 aromatic carbocycles. The van der Waals surface area contributed by atoms with Gasteiger partial charge in [0.05, 0.1) is 5.52 Å². The van der Waals surface area contributed by atoms with E-state index >= 15 is 0 Å². The summed E-state index contributed by atoms with van der Waals surface area (Å²) < 4.78 is 1.12. The molecule has 1 aromatic heterocycles. The van der Waals surface area contributed by atoms with Crippen molar-refractivity contribution in [2.24, 2.45) is 0 Å². The summed E-state index contributed by atoms with van der Waals surface area (Å²) in [6.07, 6.45) is 3.94. The van der Waals surface area contributed by atoms with E-state index < -0.39 is 0 Å². The minimum absolute atomic E-state index is 1.10. The van der Waals surface area contributed by atoms with Crippen molar-refractivity contribution in [2.45, 2.75) is 26.2 Å². The lowest BCUT2D eigenvalue weighted by Gasteiger charge is -2.28. The van der Waals surface area contributed by atoms with Crippen LogP contribution < -0.4 is 4.90 Å². The van der Waals surface area contributed by atoms with Gasteiger partial charge in [0.2, 0.25) is 0 Å². The molecule has 3 heteroatoms. The largest absolute Gasteiger partial charge is 0.357 e. The summed E-state index contributed by atoms with van der Waals surface area (Å²) in [5.41, 5.74) is 2.40. The Labute approximate surface area is 116 Å². The molecule has 18 heavy (non-hydrogen) atoms. The maximum atomic E-state index is 4.81. The van der Waals surface area contributed by atoms with E-state index in [1.54, 1.807) is 0 Å². The number of aromatic nitrogens is 1. The van der Waals surface area contributed by atoms with Crippen LogP contribution in [0.1, 0.15) is 24.8 Å². The minimum atomic E-state index is 1.10. The van der Waals surface area contributed by atoms with E-state index in [4.69, 9.17) is 4.98 Å². The number of fused-ring (bicyclic) bond motifs is 1. The Morgan fingerprint density at radius 2 is 1.89 bits per heavy atom. The van der Waals surface area contributed by atoms with Crippen LogP contribution in [0.5, 0.6) is 0 Å². The average molecular weight is 305 g/mol. The quantitative estimate of drug-likeness (QED) is 0.781. The summed E-state index contributed by atoms with van der Waals surface area (Å²) in [5, 5.41) is 1.24. The van der Waals surface area contributed by atoms with Crippen molar-refractivity contribution in [2.75, 3.05) is 18.0 Å². The first-order chi connectivity index (χ1) is 8.74. The summed E-state index contributed by atoms with van der Waals surface area (Å²) in [5.74, 6) is 1.14. The molecular weight excluding hydrogens is 288 g/mol. The highest BCUT2D eigenvalue weighted by Gasteiger charge is 2.13. The topological polar surface area (TPSA) is 16.1 Å². The summed E-state index contributed by atoms with van der Waals surface area (Å²) >= 11 is 3.52. The molecule has 0 aliphatic carbocycles. The standard InChI is InChI=1S/C15H17BrN2/c1-11-9-15(18-7-3-2-4-8-18)17-14-6-5-12(16)10-13(11)14/h5-6,9-10H,2-4,7-8H2,1H3. The molecule has 0 amide bonds. The first-order valence-corrected chi connectivity index (χ1v) is 7.35. The highest BCUT2D eigenvalue weighted by molar-refractivity contribution is 9.10. The predicted molar refractivity (Wildman–Crippen MR) is 80.2 cm³/mol. The maximum Gasteiger partial charge on any atom is 0.129 e. The molecule has 2 aromatic rings. The van der Waals surface area contributed by atoms with Gasteiger partial charge in [-0.1, -0.05) is 15.9 Å². The van der Waals surface area contributed by atoms with Crippen LogP contribution in [0.4, 0.5) is 5.82 Å². The van der Waals surface area contributed by atoms with Crippen molar-refractivity contribution >= 4 is 32.7 Å². The molecule has 0 saturated carbocycles. The fraction of sp³-hybridized carbons (Fsp3) is 0.400. The smallest absolute Gasteiger partial charge is 0.129 e. The zero-order chi connectivity index (χ0) is 12.5. The zero-order valence-corrected chi connectivity index (χ0v) is 12.2. The van der Waals surface area contributed by atoms with Crippen LogP contribution in [-0.2, 0) is 0 Å². The van der Waals surface area contributed by atoms with Crippen molar-refractivity contribution in [3.8, 4) is 0 Å². The van der Waals surface area contributed by atoms with Gasteiger partial charge in [-0.05, 0) is 56.0 Å². The number of hydrogen-bond acceptors (Lipinski definition) is 2. The molecule has 3 rings (SSSR count). The Morgan fingerprint density at radius 1 is 1.11 bits per heavy atom. The van der Waals surface area contributed by atoms with E-state index in [9.17, 15) is 0 Å². The van der Waals surface area contributed by atoms with Crippen molar-refractivity contribution in [1.29, 1.82) is 0 Å². The van der Waals surface area contributed by atoms with E-state index in [2.05, 4.69) is 52.0 Å². The molecule has 2 heterocycles. The van der Waals surface area contributed by atoms with Crippen LogP contribution in [0.2, 0.25) is 0 Å². The first-order valence-electron chi connectivity index (χ1n) is 6.56. The number of rotatable bonds is 1. The fourth-order valence-corrected chi connectivity index (χ4v) is 2.99. The molecule has 0 unspecified atom stereocenters. The molecule has 2 nitrogen and oxygen atoms in total. The number of hydrogen-bond donors (Lipinski definition) is 0. The van der Waals surface area contributed by atoms with Gasteiger partial charge in [-0.15, -0.1) is 0 Å². The summed E-state index contributed by atoms with van der Waals surface area (Å²) in [7, 11) is 0. The zero-order valence-electron chi connectivity index (χ0n) is 10.6. The maximum absolute atomic E-state index is 4.81. The number of pyridine rings is 1. The Hall–Kier alpha value is -1.09. The second-order valence-electron chi connectivity index (χ2n) is 5.01. The highest BCUT2D eigenvalue weighted by atomic mass is 79.9. The number of anilines is 1. The third kappa shape index (κ3) is 2.24. The molecule has 1 fully saturated rings. The fourth-order valence-electron chi connectivity index (χ4n) is 2.63. The summed E-state index contributed by atoms with van der Waals surface area (Å²) in [6, 6.07) is 8.53. The minimum Gasteiger partial charge on any atom is -0.357 e. The van der Waals surface area contributed by atoms with Gasteiger partial charge in [-0.2, -0.15) is 0 Å². The van der Waals surface area contributed by atoms with Crippen molar-refractivity contribution in [3.63, 3.8) is 0 Å². The molecule has 0 radical (unpaired) electrons. The highest BCUT2D eigenvalue weighted by Crippen LogP contribution is 2.26. The Morgan fingerprint density at radius 3 is 2.67 bits per heavy atom. The van der Waals surface area contributed by atoms with Crippen molar-refractivity contribution in [3.05, 3.63) is 34.3 Å². The lowest BCUT2D eigenvalue weighted by molar-refractivity contribution is 0.574. The second-order valence-corrected chi connectivity index (χ2v) is 5.92. The Kier molecular flexibility index (Phi) is 3.25. The SMILES string of the molecule is Cc1cc(N2CCCCC2)nc2ccc(Br)cc12. The average Bonchev–Trinajstić information content (AvgIpc) is 2.40. The molecule has 94 valence electrons. The second kappa shape index (κ2) is 4.88. The Balaban J connectivity index is 2.06. The lowest BCUT2D eigenvalue weighted by atomic mass is 10.1. The molecule has 0 spiro atoms. The molecule has 1 aliphatic rings. The van der Waals surface area contributed by atoms with Crippen molar-refractivity contribution in [1.82, 2.24) is 4.98 Å². The number of aryl methyl sites for hydroxylation is 1. The molecule has 1 saturated heterocycles. The van der Waals surface area contributed by atoms with E-state index in [0.29, 0.717) is 0 Å². The van der Waals surface area contributed by atoms with Gasteiger partial charge in [0, 0.05) is 22.9 Å². The Bertz CT molecular complexity index is 574. The van der Waals surface area contributed by atoms with E-state index in [0.717, 1.165) is 28.9 Å². The van der Waals surface area contributed by atoms with Crippen LogP contribution in [0.3, 0.4) is 0 Å². The van der Waals surface area contributed by atoms with Gasteiger partial charge in [0.25, 0.3) is 0 Å². The normalized spacial score (nSPS) is 16.2. The van der Waals surface area contributed by atoms with Gasteiger partial charge in [-0.3, -0.25) is 0 Å². The molecular formula is C15H17BrN2. The first kappa shape index (κ1) is 12.0. The third-order valence-electron chi connectivity index (χ3n) is 3.64. The van der Waals surface area contributed by atoms with Crippen molar-refractivity contribution < 1.29 is 0 Å². The van der Waals surface area contributed by atoms with Gasteiger partial charge in [-0.25, -0.2) is 4.98 Å². The summed E-state index contributed by atoms with van der Waals surface area (Å²) in [6.45, 7) is 4.47. The van der Waals surface area contributed by atoms with Gasteiger partial charge >= 0.3 is 0 Å². The van der Waals surface area contributed by atoms with Crippen LogP contribution in [0.25, 0.3) is 10.9 Å². The van der Waals surface area contributed by atoms with E-state index in [1.165, 1.54) is 30.2 Å². The van der Waals surface area contributed by atoms with E-state index in [-0.39, 0.29) is 0 Å². The molecule has 0 bridgehead atoms.